The smallest absolute Gasteiger partial charge is 0.311 e. The summed E-state index contributed by atoms with van der Waals surface area (Å²) in [7, 11) is 0. The zero-order chi connectivity index (χ0) is 39.1. The predicted molar refractivity (Wildman–Crippen MR) is 205 cm³/mol. The molecule has 2 aromatic rings. The Hall–Kier alpha value is -4.48. The Morgan fingerprint density at radius 2 is 1.57 bits per heavy atom. The molecule has 0 aliphatic heterocycles. The lowest BCUT2D eigenvalue weighted by atomic mass is 9.72. The van der Waals surface area contributed by atoms with Crippen LogP contribution in [0.4, 0.5) is 0 Å². The van der Waals surface area contributed by atoms with Gasteiger partial charge in [-0.15, -0.1) is 24.7 Å². The number of aliphatic hydroxyl groups is 3. The predicted octanol–water partition coefficient (Wildman–Crippen LogP) is 6.63. The Morgan fingerprint density at radius 1 is 0.907 bits per heavy atom. The van der Waals surface area contributed by atoms with E-state index in [1.807, 2.05) is 30.4 Å². The highest BCUT2D eigenvalue weighted by molar-refractivity contribution is 5.74. The van der Waals surface area contributed by atoms with Crippen LogP contribution in [0, 0.1) is 43.4 Å². The van der Waals surface area contributed by atoms with Crippen LogP contribution in [0.3, 0.4) is 0 Å². The molecule has 5 unspecified atom stereocenters. The fourth-order valence-corrected chi connectivity index (χ4v) is 6.72. The molecule has 10 nitrogen and oxygen atoms in total. The van der Waals surface area contributed by atoms with Crippen LogP contribution in [0.2, 0.25) is 0 Å². The van der Waals surface area contributed by atoms with Gasteiger partial charge in [-0.3, -0.25) is 19.4 Å². The number of carbonyl (C=O) groups is 3. The third kappa shape index (κ3) is 16.3. The number of carbonyl (C=O) groups excluding carboxylic acids is 3. The van der Waals surface area contributed by atoms with Crippen molar-refractivity contribution in [3.8, 4) is 30.4 Å². The normalized spacial score (nSPS) is 18.7. The summed E-state index contributed by atoms with van der Waals surface area (Å²) in [4.78, 5) is 42.0. The van der Waals surface area contributed by atoms with Crippen LogP contribution in [0.5, 0.6) is 5.75 Å². The van der Waals surface area contributed by atoms with Crippen molar-refractivity contribution in [1.29, 1.82) is 0 Å². The highest BCUT2D eigenvalue weighted by Crippen LogP contribution is 2.37. The van der Waals surface area contributed by atoms with Gasteiger partial charge in [0.15, 0.2) is 5.75 Å². The van der Waals surface area contributed by atoms with Crippen LogP contribution in [0.1, 0.15) is 119 Å². The van der Waals surface area contributed by atoms with Crippen molar-refractivity contribution in [2.75, 3.05) is 0 Å². The number of aryl methyl sites for hydroxylation is 2. The highest BCUT2D eigenvalue weighted by Gasteiger charge is 2.35. The van der Waals surface area contributed by atoms with Crippen LogP contribution in [-0.4, -0.2) is 56.5 Å². The third-order valence-corrected chi connectivity index (χ3v) is 9.78. The number of rotatable bonds is 23. The van der Waals surface area contributed by atoms with E-state index in [1.54, 1.807) is 6.92 Å². The summed E-state index contributed by atoms with van der Waals surface area (Å²) in [5.41, 5.74) is 2.45. The number of unbranched alkanes of at least 4 members (excludes halogenated alkanes) is 3. The quantitative estimate of drug-likeness (QED) is 0.0490. The number of hydrogen-bond acceptors (Lipinski definition) is 10. The Kier molecular flexibility index (Phi) is 20.1. The molecule has 5 atom stereocenters. The fraction of sp³-hybridized carbons (Fsp3) is 0.545. The number of aromatic nitrogens is 1. The average Bonchev–Trinajstić information content (AvgIpc) is 3.15. The SMILES string of the molecule is C#CCCCC(=O)OCc1cnc(C)c(OC(=O)CCCC=CCC2C(O)CC(O)CC2CCC(O)CCc2ccccc2)c1COC(=O)CCCC#C. The number of terminal acetylenes is 2. The van der Waals surface area contributed by atoms with Gasteiger partial charge in [0, 0.05) is 49.4 Å². The van der Waals surface area contributed by atoms with Gasteiger partial charge in [0.05, 0.1) is 24.0 Å². The standard InChI is InChI=1S/C44H57NO9/c1-4-6-11-20-41(49)52-30-35-29-45-32(3)44(39(35)31-53-42(50)21-12-7-5-2)54-43(51)22-16-9-8-15-19-38-34(27-37(47)28-40(38)48)24-26-36(46)25-23-33-17-13-10-14-18-33/h1-2,8,10,13-15,17-18,29,34,36-38,40,46-48H,6-7,9,11-12,16,19-28,30-31H2,3H3. The number of nitrogens with zero attached hydrogens (tertiary/aromatic N) is 1. The Balaban J connectivity index is 1.53. The van der Waals surface area contributed by atoms with Crippen LogP contribution >= 0.6 is 0 Å². The van der Waals surface area contributed by atoms with Crippen molar-refractivity contribution >= 4 is 17.9 Å². The highest BCUT2D eigenvalue weighted by atomic mass is 16.5. The van der Waals surface area contributed by atoms with Gasteiger partial charge < -0.3 is 29.5 Å². The zero-order valence-electron chi connectivity index (χ0n) is 31.6. The van der Waals surface area contributed by atoms with E-state index in [2.05, 4.69) is 29.0 Å². The first kappa shape index (κ1) is 43.9. The molecule has 3 rings (SSSR count). The van der Waals surface area contributed by atoms with Crippen molar-refractivity contribution in [1.82, 2.24) is 4.98 Å². The zero-order valence-corrected chi connectivity index (χ0v) is 31.6. The number of esters is 3. The topological polar surface area (TPSA) is 152 Å². The molecule has 10 heteroatoms. The van der Waals surface area contributed by atoms with Crippen LogP contribution in [0.15, 0.2) is 48.7 Å². The Bertz CT molecular complexity index is 1570. The minimum Gasteiger partial charge on any atom is -0.461 e. The lowest BCUT2D eigenvalue weighted by Crippen LogP contribution is -2.39. The fourth-order valence-electron chi connectivity index (χ4n) is 6.72. The molecule has 0 saturated heterocycles. The molecule has 1 aromatic heterocycles. The summed E-state index contributed by atoms with van der Waals surface area (Å²) in [5.74, 6) is 3.83. The maximum absolute atomic E-state index is 13.0. The molecule has 292 valence electrons. The summed E-state index contributed by atoms with van der Waals surface area (Å²) in [6.45, 7) is 1.33. The van der Waals surface area contributed by atoms with Gasteiger partial charge in [0.25, 0.3) is 0 Å². The first-order valence-electron chi connectivity index (χ1n) is 19.2. The molecule has 0 radical (unpaired) electrons. The van der Waals surface area contributed by atoms with Gasteiger partial charge in [-0.2, -0.15) is 0 Å². The lowest BCUT2D eigenvalue weighted by Gasteiger charge is -2.38. The largest absolute Gasteiger partial charge is 0.461 e. The van der Waals surface area contributed by atoms with Crippen molar-refractivity contribution in [2.45, 2.75) is 141 Å². The van der Waals surface area contributed by atoms with E-state index in [-0.39, 0.29) is 50.1 Å². The van der Waals surface area contributed by atoms with Gasteiger partial charge in [-0.05, 0) is 95.0 Å². The molecule has 3 N–H and O–H groups in total. The monoisotopic (exact) mass is 743 g/mol. The third-order valence-electron chi connectivity index (χ3n) is 9.78. The van der Waals surface area contributed by atoms with Crippen molar-refractivity contribution in [2.24, 2.45) is 11.8 Å². The van der Waals surface area contributed by atoms with E-state index in [4.69, 9.17) is 27.1 Å². The summed E-state index contributed by atoms with van der Waals surface area (Å²) in [6.07, 6.45) is 22.3. The number of benzene rings is 1. The lowest BCUT2D eigenvalue weighted by molar-refractivity contribution is -0.146. The van der Waals surface area contributed by atoms with E-state index >= 15 is 0 Å². The molecular weight excluding hydrogens is 686 g/mol. The first-order chi connectivity index (χ1) is 26.1. The van der Waals surface area contributed by atoms with E-state index in [9.17, 15) is 29.7 Å². The maximum atomic E-state index is 13.0. The second-order valence-corrected chi connectivity index (χ2v) is 14.1. The maximum Gasteiger partial charge on any atom is 0.311 e. The molecule has 0 amide bonds. The second-order valence-electron chi connectivity index (χ2n) is 14.1. The molecule has 1 heterocycles. The van der Waals surface area contributed by atoms with Crippen LogP contribution in [-0.2, 0) is 43.5 Å². The van der Waals surface area contributed by atoms with E-state index in [0.29, 0.717) is 87.4 Å². The number of allylic oxidation sites excluding steroid dienone is 2. The van der Waals surface area contributed by atoms with Gasteiger partial charge in [0.2, 0.25) is 0 Å². The van der Waals surface area contributed by atoms with Gasteiger partial charge >= 0.3 is 17.9 Å². The Morgan fingerprint density at radius 3 is 2.26 bits per heavy atom. The van der Waals surface area contributed by atoms with E-state index in [0.717, 1.165) is 12.8 Å². The van der Waals surface area contributed by atoms with Crippen LogP contribution in [0.25, 0.3) is 0 Å². The number of ether oxygens (including phenoxy) is 3. The molecular formula is C44H57NO9. The number of aliphatic hydroxyl groups excluding tert-OH is 3. The Labute approximate surface area is 320 Å². The molecule has 0 spiro atoms. The van der Waals surface area contributed by atoms with E-state index < -0.39 is 36.2 Å². The molecule has 1 saturated carbocycles. The van der Waals surface area contributed by atoms with Crippen molar-refractivity contribution < 1.29 is 43.9 Å². The molecule has 1 aromatic carbocycles. The minimum atomic E-state index is -0.624. The summed E-state index contributed by atoms with van der Waals surface area (Å²) in [5, 5.41) is 31.9. The molecule has 0 bridgehead atoms. The number of hydrogen-bond donors (Lipinski definition) is 3. The summed E-state index contributed by atoms with van der Waals surface area (Å²) in [6, 6.07) is 10.1. The number of pyridine rings is 1. The average molecular weight is 744 g/mol. The molecule has 1 aliphatic carbocycles. The second kappa shape index (κ2) is 24.8. The summed E-state index contributed by atoms with van der Waals surface area (Å²) >= 11 is 0. The molecule has 1 aliphatic rings. The first-order valence-corrected chi connectivity index (χ1v) is 19.2. The minimum absolute atomic E-state index is 0.0224. The van der Waals surface area contributed by atoms with Gasteiger partial charge in [-0.1, -0.05) is 42.5 Å². The van der Waals surface area contributed by atoms with Crippen molar-refractivity contribution in [3.63, 3.8) is 0 Å². The van der Waals surface area contributed by atoms with Gasteiger partial charge in [-0.25, -0.2) is 0 Å². The molecule has 1 fully saturated rings. The summed E-state index contributed by atoms with van der Waals surface area (Å²) < 4.78 is 16.7. The van der Waals surface area contributed by atoms with Crippen LogP contribution < -0.4 is 4.74 Å². The van der Waals surface area contributed by atoms with E-state index in [1.165, 1.54) is 11.8 Å². The van der Waals surface area contributed by atoms with Gasteiger partial charge in [0.1, 0.15) is 13.2 Å². The molecule has 54 heavy (non-hydrogen) atoms. The van der Waals surface area contributed by atoms with Crippen molar-refractivity contribution in [3.05, 3.63) is 71.1 Å².